The molecule has 5 nitrogen and oxygen atoms in total. The van der Waals surface area contributed by atoms with Gasteiger partial charge in [0.2, 0.25) is 5.56 Å². The summed E-state index contributed by atoms with van der Waals surface area (Å²) in [5.74, 6) is -0.0921. The molecule has 3 rings (SSSR count). The minimum Gasteiger partial charge on any atom is -0.378 e. The van der Waals surface area contributed by atoms with E-state index >= 15 is 0 Å². The fourth-order valence-corrected chi connectivity index (χ4v) is 4.24. The summed E-state index contributed by atoms with van der Waals surface area (Å²) in [7, 11) is 1.66. The van der Waals surface area contributed by atoms with Gasteiger partial charge in [-0.25, -0.2) is 0 Å². The van der Waals surface area contributed by atoms with Gasteiger partial charge in [-0.05, 0) is 32.3 Å². The summed E-state index contributed by atoms with van der Waals surface area (Å²) < 4.78 is 7.37. The number of hydrogen-bond acceptors (Lipinski definition) is 3. The second-order valence-corrected chi connectivity index (χ2v) is 6.87. The molecule has 5 heteroatoms. The number of hydrogen-bond donors (Lipinski definition) is 1. The third-order valence-electron chi connectivity index (χ3n) is 5.59. The molecule has 0 radical (unpaired) electrons. The summed E-state index contributed by atoms with van der Waals surface area (Å²) in [5.41, 5.74) is 0.549. The van der Waals surface area contributed by atoms with Crippen molar-refractivity contribution < 1.29 is 9.53 Å². The van der Waals surface area contributed by atoms with Crippen molar-refractivity contribution in [2.24, 2.45) is 12.5 Å². The van der Waals surface area contributed by atoms with Crippen LogP contribution in [0.3, 0.4) is 0 Å². The third kappa shape index (κ3) is 2.94. The molecule has 23 heavy (non-hydrogen) atoms. The van der Waals surface area contributed by atoms with E-state index < -0.39 is 0 Å². The Morgan fingerprint density at radius 3 is 2.74 bits per heavy atom. The highest BCUT2D eigenvalue weighted by Gasteiger charge is 2.56. The minimum absolute atomic E-state index is 0.0921. The van der Waals surface area contributed by atoms with Gasteiger partial charge in [-0.15, -0.1) is 0 Å². The van der Waals surface area contributed by atoms with Crippen molar-refractivity contribution >= 4 is 5.91 Å². The van der Waals surface area contributed by atoms with Gasteiger partial charge in [-0.3, -0.25) is 9.59 Å². The molecule has 2 atom stereocenters. The van der Waals surface area contributed by atoms with Crippen LogP contribution in [-0.2, 0) is 11.8 Å². The molecule has 2 aliphatic carbocycles. The smallest absolute Gasteiger partial charge is 0.253 e. The molecule has 1 heterocycles. The van der Waals surface area contributed by atoms with Crippen molar-refractivity contribution in [3.63, 3.8) is 0 Å². The van der Waals surface area contributed by atoms with Crippen LogP contribution < -0.4 is 10.9 Å². The molecule has 1 N–H and O–H groups in total. The highest BCUT2D eigenvalue weighted by Crippen LogP contribution is 2.53. The number of rotatable bonds is 4. The van der Waals surface area contributed by atoms with Gasteiger partial charge in [0.25, 0.3) is 5.91 Å². The van der Waals surface area contributed by atoms with Crippen LogP contribution in [0, 0.1) is 5.41 Å². The van der Waals surface area contributed by atoms with Crippen molar-refractivity contribution in [3.8, 4) is 0 Å². The molecule has 2 fully saturated rings. The first-order valence-corrected chi connectivity index (χ1v) is 8.66. The number of ether oxygens (including phenoxy) is 1. The van der Waals surface area contributed by atoms with Gasteiger partial charge in [0.05, 0.1) is 11.7 Å². The Morgan fingerprint density at radius 1 is 1.35 bits per heavy atom. The fourth-order valence-electron chi connectivity index (χ4n) is 4.24. The van der Waals surface area contributed by atoms with Crippen LogP contribution in [0.5, 0.6) is 0 Å². The first-order valence-electron chi connectivity index (χ1n) is 8.66. The zero-order chi connectivity index (χ0) is 16.4. The summed E-state index contributed by atoms with van der Waals surface area (Å²) in [6.07, 6.45) is 8.76. The van der Waals surface area contributed by atoms with Gasteiger partial charge in [0, 0.05) is 37.4 Å². The van der Waals surface area contributed by atoms with Gasteiger partial charge in [0.1, 0.15) is 0 Å². The van der Waals surface area contributed by atoms with Crippen LogP contribution in [0.2, 0.25) is 0 Å². The van der Waals surface area contributed by atoms with Gasteiger partial charge < -0.3 is 14.6 Å². The van der Waals surface area contributed by atoms with Crippen LogP contribution in [0.25, 0.3) is 0 Å². The number of amides is 1. The van der Waals surface area contributed by atoms with E-state index in [9.17, 15) is 9.59 Å². The first kappa shape index (κ1) is 16.2. The number of pyridine rings is 1. The lowest BCUT2D eigenvalue weighted by molar-refractivity contribution is -0.146. The maximum Gasteiger partial charge on any atom is 0.253 e. The Kier molecular flexibility index (Phi) is 4.57. The Hall–Kier alpha value is -1.62. The number of nitrogens with one attached hydrogen (secondary N) is 1. The number of aromatic nitrogens is 1. The molecular weight excluding hydrogens is 292 g/mol. The lowest BCUT2D eigenvalue weighted by atomic mass is 9.55. The van der Waals surface area contributed by atoms with E-state index in [1.165, 1.54) is 29.9 Å². The summed E-state index contributed by atoms with van der Waals surface area (Å²) in [4.78, 5) is 24.0. The Bertz CT molecular complexity index is 631. The van der Waals surface area contributed by atoms with Gasteiger partial charge in [0.15, 0.2) is 0 Å². The van der Waals surface area contributed by atoms with Crippen LogP contribution in [0.15, 0.2) is 23.1 Å². The normalized spacial score (nSPS) is 25.8. The average Bonchev–Trinajstić information content (AvgIpc) is 2.57. The number of carbonyl (C=O) groups is 1. The van der Waals surface area contributed by atoms with Crippen LogP contribution in [0.4, 0.5) is 0 Å². The number of carbonyl (C=O) groups excluding carboxylic acids is 1. The zero-order valence-electron chi connectivity index (χ0n) is 14.0. The van der Waals surface area contributed by atoms with Crippen LogP contribution in [0.1, 0.15) is 55.8 Å². The topological polar surface area (TPSA) is 60.3 Å². The number of nitrogens with zero attached hydrogens (tertiary/aromatic N) is 1. The molecule has 0 bridgehead atoms. The lowest BCUT2D eigenvalue weighted by Gasteiger charge is -2.57. The van der Waals surface area contributed by atoms with Crippen LogP contribution >= 0.6 is 0 Å². The van der Waals surface area contributed by atoms with Gasteiger partial charge in [-0.1, -0.05) is 19.3 Å². The maximum atomic E-state index is 12.5. The largest absolute Gasteiger partial charge is 0.378 e. The van der Waals surface area contributed by atoms with E-state index in [4.69, 9.17) is 4.74 Å². The summed E-state index contributed by atoms with van der Waals surface area (Å²) in [6, 6.07) is 3.22. The summed E-state index contributed by atoms with van der Waals surface area (Å²) in [6.45, 7) is 2.76. The molecule has 2 saturated carbocycles. The molecule has 1 spiro atoms. The van der Waals surface area contributed by atoms with Crippen molar-refractivity contribution in [2.45, 2.75) is 57.6 Å². The lowest BCUT2D eigenvalue weighted by Crippen LogP contribution is -2.65. The quantitative estimate of drug-likeness (QED) is 0.926. The standard InChI is InChI=1S/C18H26N2O3/c1-3-23-15-11-14(18(15)9-5-4-6-10-18)19-17(22)13-7-8-16(21)20(2)12-13/h7-8,12,14-15H,3-6,9-11H2,1-2H3,(H,19,22). The van der Waals surface area contributed by atoms with E-state index in [2.05, 4.69) is 5.32 Å². The Balaban J connectivity index is 1.72. The molecular formula is C18H26N2O3. The van der Waals surface area contributed by atoms with Gasteiger partial charge >= 0.3 is 0 Å². The van der Waals surface area contributed by atoms with Crippen molar-refractivity contribution in [2.75, 3.05) is 6.61 Å². The highest BCUT2D eigenvalue weighted by molar-refractivity contribution is 5.94. The molecule has 0 aromatic carbocycles. The van der Waals surface area contributed by atoms with Gasteiger partial charge in [-0.2, -0.15) is 0 Å². The monoisotopic (exact) mass is 318 g/mol. The highest BCUT2D eigenvalue weighted by atomic mass is 16.5. The van der Waals surface area contributed by atoms with E-state index in [0.29, 0.717) is 5.56 Å². The minimum atomic E-state index is -0.106. The number of aryl methyl sites for hydroxylation is 1. The zero-order valence-corrected chi connectivity index (χ0v) is 14.0. The second-order valence-electron chi connectivity index (χ2n) is 6.87. The molecule has 0 aliphatic heterocycles. The van der Waals surface area contributed by atoms with Crippen molar-refractivity contribution in [1.29, 1.82) is 0 Å². The average molecular weight is 318 g/mol. The summed E-state index contributed by atoms with van der Waals surface area (Å²) in [5, 5.41) is 3.19. The van der Waals surface area contributed by atoms with E-state index in [1.54, 1.807) is 19.3 Å². The van der Waals surface area contributed by atoms with E-state index in [1.807, 2.05) is 6.92 Å². The molecule has 2 aliphatic rings. The second kappa shape index (κ2) is 6.48. The van der Waals surface area contributed by atoms with Crippen molar-refractivity contribution in [3.05, 3.63) is 34.2 Å². The fraction of sp³-hybridized carbons (Fsp3) is 0.667. The van der Waals surface area contributed by atoms with Crippen molar-refractivity contribution in [1.82, 2.24) is 9.88 Å². The maximum absolute atomic E-state index is 12.5. The molecule has 1 aromatic rings. The molecule has 1 amide bonds. The molecule has 2 unspecified atom stereocenters. The third-order valence-corrected chi connectivity index (χ3v) is 5.59. The first-order chi connectivity index (χ1) is 11.1. The molecule has 0 saturated heterocycles. The Morgan fingerprint density at radius 2 is 2.09 bits per heavy atom. The SMILES string of the molecule is CCOC1CC(NC(=O)c2ccc(=O)n(C)c2)C12CCCCC2. The Labute approximate surface area is 137 Å². The van der Waals surface area contributed by atoms with E-state index in [-0.39, 0.29) is 29.0 Å². The van der Waals surface area contributed by atoms with E-state index in [0.717, 1.165) is 25.9 Å². The summed E-state index contributed by atoms with van der Waals surface area (Å²) >= 11 is 0. The molecule has 126 valence electrons. The predicted octanol–water partition coefficient (Wildman–Crippen LogP) is 2.24. The van der Waals surface area contributed by atoms with Crippen LogP contribution in [-0.4, -0.2) is 29.2 Å². The molecule has 1 aromatic heterocycles. The predicted molar refractivity (Wildman–Crippen MR) is 88.5 cm³/mol.